The van der Waals surface area contributed by atoms with Gasteiger partial charge in [-0.1, -0.05) is 103 Å². The van der Waals surface area contributed by atoms with Gasteiger partial charge >= 0.3 is 0 Å². The molecule has 0 amide bonds. The Morgan fingerprint density at radius 3 is 1.34 bits per heavy atom. The van der Waals surface area contributed by atoms with Crippen LogP contribution in [0, 0.1) is 6.92 Å². The Hall–Kier alpha value is -0.860. The van der Waals surface area contributed by atoms with Crippen LogP contribution < -0.4 is 4.48 Å². The van der Waals surface area contributed by atoms with Gasteiger partial charge < -0.3 is 5.48 Å². The standard InChI is InChI=1S/C27H50N.H2O/c1-5-8-9-10-11-12-13-14-15-16-17-18-25-28(23-6-2,24-7-3)27-21-19-26(4)20-22-27;/h19-22H,5-18,23-25H2,1-4H3;1H2/q+1;/p-1. The van der Waals surface area contributed by atoms with Crippen LogP contribution in [0.3, 0.4) is 0 Å². The maximum absolute atomic E-state index is 2.39. The largest absolute Gasteiger partial charge is 0.870 e. The fourth-order valence-corrected chi connectivity index (χ4v) is 4.70. The molecule has 0 aliphatic heterocycles. The minimum atomic E-state index is 0. The fraction of sp³-hybridized carbons (Fsp3) is 0.778. The van der Waals surface area contributed by atoms with Crippen LogP contribution in [-0.4, -0.2) is 25.1 Å². The molecule has 0 aromatic heterocycles. The Labute approximate surface area is 183 Å². The van der Waals surface area contributed by atoms with Crippen molar-refractivity contribution in [1.82, 2.24) is 4.48 Å². The summed E-state index contributed by atoms with van der Waals surface area (Å²) in [6, 6.07) is 9.38. The van der Waals surface area contributed by atoms with E-state index in [1.807, 2.05) is 0 Å². The zero-order chi connectivity index (χ0) is 20.5. The fourth-order valence-electron chi connectivity index (χ4n) is 4.70. The number of hydrogen-bond acceptors (Lipinski definition) is 1. The number of unbranched alkanes of at least 4 members (excludes halogenated alkanes) is 11. The van der Waals surface area contributed by atoms with E-state index in [0.717, 1.165) is 0 Å². The highest BCUT2D eigenvalue weighted by Crippen LogP contribution is 2.26. The average molecular weight is 406 g/mol. The summed E-state index contributed by atoms with van der Waals surface area (Å²) >= 11 is 0. The lowest BCUT2D eigenvalue weighted by molar-refractivity contribution is 0.265. The van der Waals surface area contributed by atoms with Crippen LogP contribution in [0.2, 0.25) is 0 Å². The molecule has 0 bridgehead atoms. The summed E-state index contributed by atoms with van der Waals surface area (Å²) in [6.45, 7) is 13.1. The maximum atomic E-state index is 2.39. The summed E-state index contributed by atoms with van der Waals surface area (Å²) in [7, 11) is 0. The van der Waals surface area contributed by atoms with Gasteiger partial charge in [-0.2, -0.15) is 0 Å². The SMILES string of the molecule is CCCCCCCCCCCCCC[N+](CCC)(CCC)c1ccc(C)cc1.[OH-]. The van der Waals surface area contributed by atoms with E-state index >= 15 is 0 Å². The van der Waals surface area contributed by atoms with Crippen LogP contribution in [0.15, 0.2) is 24.3 Å². The molecule has 0 atom stereocenters. The molecule has 0 unspecified atom stereocenters. The summed E-state index contributed by atoms with van der Waals surface area (Å²) in [5.74, 6) is 0. The third-order valence-electron chi connectivity index (χ3n) is 6.32. The second-order valence-corrected chi connectivity index (χ2v) is 9.04. The third-order valence-corrected chi connectivity index (χ3v) is 6.32. The molecule has 2 heteroatoms. The van der Waals surface area contributed by atoms with Gasteiger partial charge in [0, 0.05) is 0 Å². The Bertz CT molecular complexity index is 462. The zero-order valence-electron chi connectivity index (χ0n) is 20.2. The van der Waals surface area contributed by atoms with Gasteiger partial charge in [-0.25, -0.2) is 0 Å². The Balaban J connectivity index is 0.00000784. The first-order chi connectivity index (χ1) is 13.7. The quantitative estimate of drug-likeness (QED) is 0.177. The van der Waals surface area contributed by atoms with E-state index in [-0.39, 0.29) is 5.48 Å². The topological polar surface area (TPSA) is 30.0 Å². The van der Waals surface area contributed by atoms with Gasteiger partial charge in [0.2, 0.25) is 0 Å². The van der Waals surface area contributed by atoms with Crippen LogP contribution in [0.1, 0.15) is 116 Å². The molecule has 0 radical (unpaired) electrons. The maximum Gasteiger partial charge on any atom is 0.132 e. The van der Waals surface area contributed by atoms with Crippen molar-refractivity contribution in [3.8, 4) is 0 Å². The van der Waals surface area contributed by atoms with E-state index in [1.54, 1.807) is 0 Å². The number of nitrogens with zero attached hydrogens (tertiary/aromatic N) is 1. The first-order valence-electron chi connectivity index (χ1n) is 12.6. The first kappa shape index (κ1) is 28.1. The van der Waals surface area contributed by atoms with Crippen molar-refractivity contribution in [2.24, 2.45) is 0 Å². The molecule has 1 rings (SSSR count). The molecule has 2 nitrogen and oxygen atoms in total. The molecular weight excluding hydrogens is 354 g/mol. The van der Waals surface area contributed by atoms with Gasteiger partial charge in [-0.3, -0.25) is 4.48 Å². The Morgan fingerprint density at radius 2 is 0.931 bits per heavy atom. The highest BCUT2D eigenvalue weighted by atomic mass is 16.0. The van der Waals surface area contributed by atoms with Crippen molar-refractivity contribution in [1.29, 1.82) is 0 Å². The molecule has 0 saturated heterocycles. The number of aryl methyl sites for hydroxylation is 1. The van der Waals surface area contributed by atoms with Crippen molar-refractivity contribution < 1.29 is 5.48 Å². The molecule has 0 fully saturated rings. The summed E-state index contributed by atoms with van der Waals surface area (Å²) in [6.07, 6.45) is 19.8. The van der Waals surface area contributed by atoms with Crippen LogP contribution in [0.25, 0.3) is 0 Å². The highest BCUT2D eigenvalue weighted by molar-refractivity contribution is 5.44. The molecule has 0 heterocycles. The van der Waals surface area contributed by atoms with Crippen LogP contribution >= 0.6 is 0 Å². The summed E-state index contributed by atoms with van der Waals surface area (Å²) in [5, 5.41) is 0. The van der Waals surface area contributed by atoms with E-state index in [0.29, 0.717) is 0 Å². The predicted molar refractivity (Wildman–Crippen MR) is 131 cm³/mol. The first-order valence-corrected chi connectivity index (χ1v) is 12.6. The van der Waals surface area contributed by atoms with E-state index in [2.05, 4.69) is 52.0 Å². The van der Waals surface area contributed by atoms with E-state index in [9.17, 15) is 0 Å². The van der Waals surface area contributed by atoms with Gasteiger partial charge in [-0.05, 0) is 44.7 Å². The molecule has 0 aliphatic rings. The number of rotatable bonds is 18. The lowest BCUT2D eigenvalue weighted by Crippen LogP contribution is -2.51. The lowest BCUT2D eigenvalue weighted by Gasteiger charge is -2.38. The number of quaternary nitrogens is 1. The predicted octanol–water partition coefficient (Wildman–Crippen LogP) is 8.65. The molecule has 1 aromatic carbocycles. The zero-order valence-corrected chi connectivity index (χ0v) is 20.2. The van der Waals surface area contributed by atoms with Crippen molar-refractivity contribution in [2.75, 3.05) is 19.6 Å². The summed E-state index contributed by atoms with van der Waals surface area (Å²) in [5.41, 5.74) is 2.91. The second kappa shape index (κ2) is 18.0. The normalized spacial score (nSPS) is 11.4. The average Bonchev–Trinajstić information content (AvgIpc) is 2.69. The van der Waals surface area contributed by atoms with Crippen molar-refractivity contribution in [3.05, 3.63) is 29.8 Å². The molecule has 1 aromatic rings. The van der Waals surface area contributed by atoms with Gasteiger partial charge in [0.05, 0.1) is 19.6 Å². The molecule has 170 valence electrons. The summed E-state index contributed by atoms with van der Waals surface area (Å²) < 4.78 is 1.20. The molecule has 0 aliphatic carbocycles. The minimum absolute atomic E-state index is 0. The van der Waals surface area contributed by atoms with Crippen molar-refractivity contribution >= 4 is 5.69 Å². The van der Waals surface area contributed by atoms with Gasteiger partial charge in [0.1, 0.15) is 5.69 Å². The van der Waals surface area contributed by atoms with Crippen molar-refractivity contribution in [2.45, 2.75) is 118 Å². The van der Waals surface area contributed by atoms with E-state index in [1.165, 1.54) is 125 Å². The van der Waals surface area contributed by atoms with Crippen LogP contribution in [-0.2, 0) is 0 Å². The van der Waals surface area contributed by atoms with E-state index in [4.69, 9.17) is 0 Å². The number of hydrogen-bond donors (Lipinski definition) is 0. The molecule has 29 heavy (non-hydrogen) atoms. The van der Waals surface area contributed by atoms with Gasteiger partial charge in [0.25, 0.3) is 0 Å². The third kappa shape index (κ3) is 11.8. The molecule has 0 spiro atoms. The molecule has 0 saturated carbocycles. The van der Waals surface area contributed by atoms with Gasteiger partial charge in [0.15, 0.2) is 0 Å². The smallest absolute Gasteiger partial charge is 0.132 e. The van der Waals surface area contributed by atoms with Crippen molar-refractivity contribution in [3.63, 3.8) is 0 Å². The highest BCUT2D eigenvalue weighted by Gasteiger charge is 2.27. The monoisotopic (exact) mass is 405 g/mol. The minimum Gasteiger partial charge on any atom is -0.870 e. The van der Waals surface area contributed by atoms with Gasteiger partial charge in [-0.15, -0.1) is 0 Å². The molecule has 1 N–H and O–H groups in total. The lowest BCUT2D eigenvalue weighted by atomic mass is 10.0. The number of benzene rings is 1. The van der Waals surface area contributed by atoms with Crippen LogP contribution in [0.5, 0.6) is 0 Å². The second-order valence-electron chi connectivity index (χ2n) is 9.04. The van der Waals surface area contributed by atoms with Crippen LogP contribution in [0.4, 0.5) is 5.69 Å². The molecular formula is C27H51NO. The van der Waals surface area contributed by atoms with E-state index < -0.39 is 0 Å². The Morgan fingerprint density at radius 1 is 0.517 bits per heavy atom. The summed E-state index contributed by atoms with van der Waals surface area (Å²) in [4.78, 5) is 0. The Kier molecular flexibility index (Phi) is 17.4.